The van der Waals surface area contributed by atoms with E-state index in [1.165, 1.54) is 0 Å². The number of carbonyl (C=O) groups excluding carboxylic acids is 1. The van der Waals surface area contributed by atoms with Gasteiger partial charge in [0.05, 0.1) is 35.9 Å². The number of carbonyl (C=O) groups is 1. The van der Waals surface area contributed by atoms with E-state index in [1.807, 2.05) is 66.8 Å². The third-order valence-corrected chi connectivity index (χ3v) is 6.65. The first-order chi connectivity index (χ1) is 15.6. The van der Waals surface area contributed by atoms with Gasteiger partial charge in [-0.2, -0.15) is 0 Å². The average Bonchev–Trinajstić information content (AvgIpc) is 3.55. The van der Waals surface area contributed by atoms with Crippen molar-refractivity contribution in [3.8, 4) is 10.6 Å². The largest absolute Gasteiger partial charge is 0.378 e. The van der Waals surface area contributed by atoms with Crippen molar-refractivity contribution >= 4 is 28.9 Å². The van der Waals surface area contributed by atoms with Crippen LogP contribution in [0.4, 0.5) is 11.6 Å². The number of nitrogens with zero attached hydrogens (tertiary/aromatic N) is 3. The van der Waals surface area contributed by atoms with Gasteiger partial charge in [0.2, 0.25) is 5.95 Å². The number of amides is 1. The molecule has 3 aromatic rings. The topological polar surface area (TPSA) is 88.6 Å². The van der Waals surface area contributed by atoms with Gasteiger partial charge in [0.25, 0.3) is 5.91 Å². The lowest BCUT2D eigenvalue weighted by molar-refractivity contribution is 0.0652. The van der Waals surface area contributed by atoms with Crippen molar-refractivity contribution < 1.29 is 14.3 Å². The molecule has 2 aromatic heterocycles. The fourth-order valence-electron chi connectivity index (χ4n) is 4.07. The summed E-state index contributed by atoms with van der Waals surface area (Å²) in [7, 11) is 3.94. The molecular weight excluding hydrogens is 426 g/mol. The van der Waals surface area contributed by atoms with E-state index in [1.54, 1.807) is 17.5 Å². The van der Waals surface area contributed by atoms with Crippen molar-refractivity contribution in [3.05, 3.63) is 59.6 Å². The van der Waals surface area contributed by atoms with E-state index in [-0.39, 0.29) is 30.2 Å². The molecule has 166 valence electrons. The van der Waals surface area contributed by atoms with Crippen LogP contribution in [0.5, 0.6) is 0 Å². The second kappa shape index (κ2) is 8.85. The number of rotatable bonds is 6. The molecule has 1 aromatic carbocycles. The standard InChI is InChI=1S/C23H25N5O3S/c1-28(2)15-7-5-14(6-8-15)22(29)25-17-12-30-21-18(13-31-20(17)21)27-23-24-10-9-16(26-23)19-4-3-11-32-19/h3-11,17-18,20-21H,12-13H2,1-2H3,(H,25,29)(H,24,26,27). The summed E-state index contributed by atoms with van der Waals surface area (Å²) in [6.07, 6.45) is 1.36. The molecule has 4 atom stereocenters. The molecule has 4 heterocycles. The van der Waals surface area contributed by atoms with E-state index in [4.69, 9.17) is 9.47 Å². The molecule has 2 N–H and O–H groups in total. The van der Waals surface area contributed by atoms with E-state index in [9.17, 15) is 4.79 Å². The van der Waals surface area contributed by atoms with Crippen LogP contribution in [0.1, 0.15) is 10.4 Å². The molecule has 8 nitrogen and oxygen atoms in total. The summed E-state index contributed by atoms with van der Waals surface area (Å²) in [6.45, 7) is 0.872. The number of benzene rings is 1. The molecule has 2 aliphatic rings. The second-order valence-corrected chi connectivity index (χ2v) is 9.06. The maximum Gasteiger partial charge on any atom is 0.251 e. The van der Waals surface area contributed by atoms with Crippen molar-refractivity contribution in [3.63, 3.8) is 0 Å². The maximum atomic E-state index is 12.7. The van der Waals surface area contributed by atoms with Gasteiger partial charge in [-0.25, -0.2) is 9.97 Å². The van der Waals surface area contributed by atoms with Gasteiger partial charge in [-0.3, -0.25) is 4.79 Å². The van der Waals surface area contributed by atoms with E-state index in [0.717, 1.165) is 16.3 Å². The van der Waals surface area contributed by atoms with Crippen LogP contribution in [0.3, 0.4) is 0 Å². The number of hydrogen-bond donors (Lipinski definition) is 2. The molecule has 4 unspecified atom stereocenters. The van der Waals surface area contributed by atoms with E-state index in [2.05, 4.69) is 20.6 Å². The lowest BCUT2D eigenvalue weighted by atomic mass is 10.1. The van der Waals surface area contributed by atoms with Crippen molar-refractivity contribution in [1.82, 2.24) is 15.3 Å². The van der Waals surface area contributed by atoms with Crippen LogP contribution in [0.15, 0.2) is 54.0 Å². The fraction of sp³-hybridized carbons (Fsp3) is 0.348. The van der Waals surface area contributed by atoms with Gasteiger partial charge in [0.15, 0.2) is 0 Å². The number of fused-ring (bicyclic) bond motifs is 1. The third-order valence-electron chi connectivity index (χ3n) is 5.76. The molecule has 0 bridgehead atoms. The van der Waals surface area contributed by atoms with Crippen molar-refractivity contribution in [2.24, 2.45) is 0 Å². The minimum Gasteiger partial charge on any atom is -0.378 e. The van der Waals surface area contributed by atoms with Crippen LogP contribution in [0, 0.1) is 0 Å². The Morgan fingerprint density at radius 2 is 1.81 bits per heavy atom. The quantitative estimate of drug-likeness (QED) is 0.596. The first kappa shape index (κ1) is 20.9. The molecule has 0 spiro atoms. The number of thiophene rings is 1. The normalized spacial score (nSPS) is 24.2. The van der Waals surface area contributed by atoms with Gasteiger partial charge in [-0.15, -0.1) is 11.3 Å². The maximum absolute atomic E-state index is 12.7. The summed E-state index contributed by atoms with van der Waals surface area (Å²) in [5.41, 5.74) is 2.54. The third kappa shape index (κ3) is 4.19. The SMILES string of the molecule is CN(C)c1ccc(C(=O)NC2COC3C(Nc4nccc(-c5cccs5)n4)COC23)cc1. The zero-order chi connectivity index (χ0) is 22.1. The van der Waals surface area contributed by atoms with E-state index < -0.39 is 0 Å². The predicted molar refractivity (Wildman–Crippen MR) is 124 cm³/mol. The zero-order valence-electron chi connectivity index (χ0n) is 17.9. The van der Waals surface area contributed by atoms with Crippen LogP contribution in [-0.2, 0) is 9.47 Å². The molecule has 1 amide bonds. The molecule has 2 saturated heterocycles. The monoisotopic (exact) mass is 451 g/mol. The highest BCUT2D eigenvalue weighted by atomic mass is 32.1. The van der Waals surface area contributed by atoms with Crippen LogP contribution < -0.4 is 15.5 Å². The summed E-state index contributed by atoms with van der Waals surface area (Å²) in [5, 5.41) is 8.44. The number of nitrogens with one attached hydrogen (secondary N) is 2. The van der Waals surface area contributed by atoms with Crippen LogP contribution in [0.25, 0.3) is 10.6 Å². The Hall–Kier alpha value is -3.01. The van der Waals surface area contributed by atoms with Crippen LogP contribution in [-0.4, -0.2) is 67.5 Å². The van der Waals surface area contributed by atoms with Crippen molar-refractivity contribution in [2.45, 2.75) is 24.3 Å². The Morgan fingerprint density at radius 1 is 1.06 bits per heavy atom. The summed E-state index contributed by atoms with van der Waals surface area (Å²) in [4.78, 5) is 24.8. The van der Waals surface area contributed by atoms with Gasteiger partial charge >= 0.3 is 0 Å². The highest BCUT2D eigenvalue weighted by molar-refractivity contribution is 7.13. The first-order valence-corrected chi connectivity index (χ1v) is 11.4. The highest BCUT2D eigenvalue weighted by Gasteiger charge is 2.48. The lowest BCUT2D eigenvalue weighted by Crippen LogP contribution is -2.44. The Labute approximate surface area is 190 Å². The Bertz CT molecular complexity index is 1070. The number of hydrogen-bond acceptors (Lipinski definition) is 8. The van der Waals surface area contributed by atoms with Gasteiger partial charge in [0, 0.05) is 31.5 Å². The van der Waals surface area contributed by atoms with Gasteiger partial charge in [0.1, 0.15) is 12.2 Å². The first-order valence-electron chi connectivity index (χ1n) is 10.5. The van der Waals surface area contributed by atoms with Gasteiger partial charge in [-0.05, 0) is 41.8 Å². The molecule has 9 heteroatoms. The molecule has 0 saturated carbocycles. The number of aromatic nitrogens is 2. The predicted octanol–water partition coefficient (Wildman–Crippen LogP) is 2.65. The molecule has 2 fully saturated rings. The number of ether oxygens (including phenoxy) is 2. The van der Waals surface area contributed by atoms with E-state index >= 15 is 0 Å². The van der Waals surface area contributed by atoms with Gasteiger partial charge in [-0.1, -0.05) is 6.07 Å². The Morgan fingerprint density at radius 3 is 2.53 bits per heavy atom. The highest BCUT2D eigenvalue weighted by Crippen LogP contribution is 2.29. The van der Waals surface area contributed by atoms with E-state index in [0.29, 0.717) is 24.7 Å². The lowest BCUT2D eigenvalue weighted by Gasteiger charge is -2.19. The summed E-state index contributed by atoms with van der Waals surface area (Å²) in [5.74, 6) is 0.416. The summed E-state index contributed by atoms with van der Waals surface area (Å²) >= 11 is 1.64. The smallest absolute Gasteiger partial charge is 0.251 e. The molecule has 32 heavy (non-hydrogen) atoms. The van der Waals surface area contributed by atoms with Crippen molar-refractivity contribution in [2.75, 3.05) is 37.5 Å². The molecule has 5 rings (SSSR count). The molecule has 2 aliphatic heterocycles. The zero-order valence-corrected chi connectivity index (χ0v) is 18.7. The van der Waals surface area contributed by atoms with Crippen LogP contribution in [0.2, 0.25) is 0 Å². The molecular formula is C23H25N5O3S. The summed E-state index contributed by atoms with van der Waals surface area (Å²) < 4.78 is 12.0. The second-order valence-electron chi connectivity index (χ2n) is 8.11. The Kier molecular flexibility index (Phi) is 5.77. The Balaban J connectivity index is 1.21. The number of anilines is 2. The minimum absolute atomic E-state index is 0.0835. The van der Waals surface area contributed by atoms with Crippen LogP contribution >= 0.6 is 11.3 Å². The molecule has 0 aliphatic carbocycles. The van der Waals surface area contributed by atoms with Crippen molar-refractivity contribution in [1.29, 1.82) is 0 Å². The average molecular weight is 452 g/mol. The summed E-state index contributed by atoms with van der Waals surface area (Å²) in [6, 6.07) is 13.2. The van der Waals surface area contributed by atoms with Gasteiger partial charge < -0.3 is 25.0 Å². The minimum atomic E-state index is -0.210. The molecule has 0 radical (unpaired) electrons. The fourth-order valence-corrected chi connectivity index (χ4v) is 4.76.